The van der Waals surface area contributed by atoms with Gasteiger partial charge in [-0.25, -0.2) is 0 Å². The van der Waals surface area contributed by atoms with Crippen molar-refractivity contribution in [2.75, 3.05) is 0 Å². The first-order chi connectivity index (χ1) is 5.36. The molecule has 56 valence electrons. The molecule has 0 saturated heterocycles. The maximum atomic E-state index is 9.07. The second-order valence-corrected chi connectivity index (χ2v) is 2.45. The van der Waals surface area contributed by atoms with Crippen LogP contribution in [0.1, 0.15) is 0 Å². The SMILES string of the molecule is OC1=CNC2C=CC=NC2=C1. The summed E-state index contributed by atoms with van der Waals surface area (Å²) in [5, 5.41) is 12.1. The summed E-state index contributed by atoms with van der Waals surface area (Å²) < 4.78 is 0. The average Bonchev–Trinajstić information content (AvgIpc) is 2.04. The van der Waals surface area contributed by atoms with E-state index < -0.39 is 0 Å². The van der Waals surface area contributed by atoms with E-state index in [2.05, 4.69) is 10.3 Å². The number of dihydropyridines is 2. The first-order valence-electron chi connectivity index (χ1n) is 3.44. The third kappa shape index (κ3) is 1.05. The fraction of sp³-hybridized carbons (Fsp3) is 0.125. The van der Waals surface area contributed by atoms with Gasteiger partial charge in [0.05, 0.1) is 11.7 Å². The lowest BCUT2D eigenvalue weighted by Gasteiger charge is -2.19. The molecule has 0 spiro atoms. The Kier molecular flexibility index (Phi) is 1.28. The summed E-state index contributed by atoms with van der Waals surface area (Å²) in [5.41, 5.74) is 0.854. The topological polar surface area (TPSA) is 44.6 Å². The van der Waals surface area contributed by atoms with E-state index in [-0.39, 0.29) is 11.8 Å². The summed E-state index contributed by atoms with van der Waals surface area (Å²) in [6.45, 7) is 0. The zero-order valence-corrected chi connectivity index (χ0v) is 5.86. The largest absolute Gasteiger partial charge is 0.506 e. The third-order valence-electron chi connectivity index (χ3n) is 1.64. The number of aliphatic hydroxyl groups excluding tert-OH is 1. The Balaban J connectivity index is 2.33. The number of hydrogen-bond acceptors (Lipinski definition) is 3. The highest BCUT2D eigenvalue weighted by molar-refractivity contribution is 5.74. The van der Waals surface area contributed by atoms with E-state index in [0.29, 0.717) is 0 Å². The van der Waals surface area contributed by atoms with Crippen molar-refractivity contribution < 1.29 is 5.11 Å². The molecule has 0 aromatic rings. The van der Waals surface area contributed by atoms with E-state index in [1.165, 1.54) is 0 Å². The van der Waals surface area contributed by atoms with Gasteiger partial charge in [-0.1, -0.05) is 6.08 Å². The van der Waals surface area contributed by atoms with Gasteiger partial charge in [0.1, 0.15) is 5.76 Å². The molecule has 0 aromatic carbocycles. The van der Waals surface area contributed by atoms with E-state index in [9.17, 15) is 0 Å². The van der Waals surface area contributed by atoms with Crippen molar-refractivity contribution in [2.24, 2.45) is 4.99 Å². The van der Waals surface area contributed by atoms with Gasteiger partial charge < -0.3 is 10.4 Å². The normalized spacial score (nSPS) is 26.7. The van der Waals surface area contributed by atoms with Crippen molar-refractivity contribution in [2.45, 2.75) is 6.04 Å². The predicted octanol–water partition coefficient (Wildman–Crippen LogP) is 0.882. The predicted molar refractivity (Wildman–Crippen MR) is 43.4 cm³/mol. The monoisotopic (exact) mass is 148 g/mol. The van der Waals surface area contributed by atoms with Gasteiger partial charge in [-0.05, 0) is 6.08 Å². The number of nitrogens with one attached hydrogen (secondary N) is 1. The highest BCUT2D eigenvalue weighted by atomic mass is 16.3. The molecule has 2 rings (SSSR count). The smallest absolute Gasteiger partial charge is 0.133 e. The number of fused-ring (bicyclic) bond motifs is 1. The minimum atomic E-state index is 0.135. The summed E-state index contributed by atoms with van der Waals surface area (Å²) in [5.74, 6) is 0.226. The Morgan fingerprint density at radius 2 is 2.45 bits per heavy atom. The van der Waals surface area contributed by atoms with Gasteiger partial charge >= 0.3 is 0 Å². The Hall–Kier alpha value is -1.51. The second-order valence-electron chi connectivity index (χ2n) is 2.45. The number of rotatable bonds is 0. The first kappa shape index (κ1) is 6.22. The minimum Gasteiger partial charge on any atom is -0.506 e. The molecule has 0 saturated carbocycles. The fourth-order valence-corrected chi connectivity index (χ4v) is 1.11. The van der Waals surface area contributed by atoms with Gasteiger partial charge in [0.2, 0.25) is 0 Å². The van der Waals surface area contributed by atoms with Crippen LogP contribution in [0.2, 0.25) is 0 Å². The molecule has 1 atom stereocenters. The van der Waals surface area contributed by atoms with Crippen molar-refractivity contribution in [1.82, 2.24) is 5.32 Å². The molecule has 3 nitrogen and oxygen atoms in total. The number of nitrogens with zero attached hydrogens (tertiary/aromatic N) is 1. The minimum absolute atomic E-state index is 0.135. The molecule has 0 radical (unpaired) electrons. The van der Waals surface area contributed by atoms with Crippen LogP contribution in [0.25, 0.3) is 0 Å². The summed E-state index contributed by atoms with van der Waals surface area (Å²) in [6, 6.07) is 0.135. The number of aliphatic imine (C=N–C) groups is 1. The summed E-state index contributed by atoms with van der Waals surface area (Å²) in [6.07, 6.45) is 8.80. The van der Waals surface area contributed by atoms with Crippen LogP contribution in [0.3, 0.4) is 0 Å². The molecule has 2 aliphatic rings. The zero-order valence-electron chi connectivity index (χ0n) is 5.86. The maximum absolute atomic E-state index is 9.07. The van der Waals surface area contributed by atoms with E-state index in [4.69, 9.17) is 5.11 Å². The summed E-state index contributed by atoms with van der Waals surface area (Å²) in [4.78, 5) is 4.09. The molecule has 0 amide bonds. The standard InChI is InChI=1S/C8H8N2O/c11-6-4-8-7(10-5-6)2-1-3-9-8/h1-5,7,10-11H. The van der Waals surface area contributed by atoms with E-state index in [0.717, 1.165) is 5.70 Å². The van der Waals surface area contributed by atoms with Crippen LogP contribution in [0.4, 0.5) is 0 Å². The first-order valence-corrected chi connectivity index (χ1v) is 3.44. The highest BCUT2D eigenvalue weighted by Gasteiger charge is 2.14. The summed E-state index contributed by atoms with van der Waals surface area (Å²) in [7, 11) is 0. The molecule has 2 heterocycles. The van der Waals surface area contributed by atoms with Gasteiger partial charge in [-0.2, -0.15) is 0 Å². The van der Waals surface area contributed by atoms with E-state index in [1.807, 2.05) is 12.2 Å². The van der Waals surface area contributed by atoms with E-state index >= 15 is 0 Å². The quantitative estimate of drug-likeness (QED) is 0.535. The zero-order chi connectivity index (χ0) is 7.68. The van der Waals surface area contributed by atoms with Crippen molar-refractivity contribution in [1.29, 1.82) is 0 Å². The molecule has 0 fully saturated rings. The van der Waals surface area contributed by atoms with Crippen LogP contribution < -0.4 is 5.32 Å². The van der Waals surface area contributed by atoms with Gasteiger partial charge in [-0.3, -0.25) is 4.99 Å². The molecule has 11 heavy (non-hydrogen) atoms. The molecule has 2 aliphatic heterocycles. The maximum Gasteiger partial charge on any atom is 0.133 e. The van der Waals surface area contributed by atoms with Gasteiger partial charge in [0.25, 0.3) is 0 Å². The molecule has 2 N–H and O–H groups in total. The van der Waals surface area contributed by atoms with Gasteiger partial charge in [0, 0.05) is 18.5 Å². The lowest BCUT2D eigenvalue weighted by Crippen LogP contribution is -2.28. The molecular formula is C8H8N2O. The Morgan fingerprint density at radius 3 is 3.36 bits per heavy atom. The molecule has 3 heteroatoms. The average molecular weight is 148 g/mol. The van der Waals surface area contributed by atoms with Crippen LogP contribution in [0, 0.1) is 0 Å². The number of allylic oxidation sites excluding steroid dienone is 2. The van der Waals surface area contributed by atoms with Gasteiger partial charge in [0.15, 0.2) is 0 Å². The lowest BCUT2D eigenvalue weighted by molar-refractivity contribution is 0.420. The van der Waals surface area contributed by atoms with Crippen LogP contribution >= 0.6 is 0 Å². The van der Waals surface area contributed by atoms with Crippen molar-refractivity contribution in [3.63, 3.8) is 0 Å². The van der Waals surface area contributed by atoms with Crippen molar-refractivity contribution in [3.8, 4) is 0 Å². The Morgan fingerprint density at radius 1 is 1.55 bits per heavy atom. The molecule has 0 bridgehead atoms. The van der Waals surface area contributed by atoms with Crippen molar-refractivity contribution >= 4 is 6.21 Å². The van der Waals surface area contributed by atoms with Crippen LogP contribution in [-0.2, 0) is 0 Å². The Bertz CT molecular complexity index is 286. The van der Waals surface area contributed by atoms with Crippen LogP contribution in [-0.4, -0.2) is 17.4 Å². The molecular weight excluding hydrogens is 140 g/mol. The molecule has 1 unspecified atom stereocenters. The van der Waals surface area contributed by atoms with Crippen LogP contribution in [0.15, 0.2) is 40.9 Å². The highest BCUT2D eigenvalue weighted by Crippen LogP contribution is 2.15. The lowest BCUT2D eigenvalue weighted by atomic mass is 10.1. The third-order valence-corrected chi connectivity index (χ3v) is 1.64. The molecule has 0 aromatic heterocycles. The fourth-order valence-electron chi connectivity index (χ4n) is 1.11. The Labute approximate surface area is 64.5 Å². The van der Waals surface area contributed by atoms with Gasteiger partial charge in [-0.15, -0.1) is 0 Å². The second kappa shape index (κ2) is 2.27. The van der Waals surface area contributed by atoms with Crippen LogP contribution in [0.5, 0.6) is 0 Å². The van der Waals surface area contributed by atoms with E-state index in [1.54, 1.807) is 18.5 Å². The van der Waals surface area contributed by atoms with Crippen molar-refractivity contribution in [3.05, 3.63) is 35.9 Å². The number of hydrogen-bond donors (Lipinski definition) is 2. The molecule has 0 aliphatic carbocycles. The number of aliphatic hydroxyl groups is 1. The summed E-state index contributed by atoms with van der Waals surface area (Å²) >= 11 is 0.